The first-order valence-corrected chi connectivity index (χ1v) is 5.98. The van der Waals surface area contributed by atoms with Gasteiger partial charge >= 0.3 is 0 Å². The van der Waals surface area contributed by atoms with Crippen molar-refractivity contribution in [2.24, 2.45) is 0 Å². The molecule has 2 N–H and O–H groups in total. The van der Waals surface area contributed by atoms with Crippen molar-refractivity contribution in [2.45, 2.75) is 25.8 Å². The number of aryl methyl sites for hydroxylation is 2. The Kier molecular flexibility index (Phi) is 1.98. The summed E-state index contributed by atoms with van der Waals surface area (Å²) >= 11 is 1.46. The molecule has 2 aromatic heterocycles. The molecular formula is C10H12N4S. The second kappa shape index (κ2) is 3.34. The van der Waals surface area contributed by atoms with E-state index in [1.165, 1.54) is 30.0 Å². The molecule has 0 aromatic carbocycles. The molecule has 0 bridgehead atoms. The van der Waals surface area contributed by atoms with Crippen LogP contribution in [0, 0.1) is 0 Å². The number of nitrogen functional groups attached to an aromatic ring is 1. The van der Waals surface area contributed by atoms with Crippen LogP contribution in [0.2, 0.25) is 0 Å². The molecule has 0 amide bonds. The van der Waals surface area contributed by atoms with Gasteiger partial charge in [0.2, 0.25) is 0 Å². The maximum atomic E-state index is 5.61. The Morgan fingerprint density at radius 1 is 1.27 bits per heavy atom. The van der Waals surface area contributed by atoms with E-state index in [0.29, 0.717) is 5.13 Å². The van der Waals surface area contributed by atoms with Crippen LogP contribution in [0.3, 0.4) is 0 Å². The molecule has 15 heavy (non-hydrogen) atoms. The third-order valence-electron chi connectivity index (χ3n) is 2.69. The molecule has 0 spiro atoms. The van der Waals surface area contributed by atoms with Crippen LogP contribution in [0.1, 0.15) is 18.7 Å². The highest BCUT2D eigenvalue weighted by Gasteiger charge is 2.14. The zero-order valence-corrected chi connectivity index (χ0v) is 9.13. The second-order valence-electron chi connectivity index (χ2n) is 3.76. The Bertz CT molecular complexity index is 462. The molecule has 3 rings (SSSR count). The van der Waals surface area contributed by atoms with E-state index in [2.05, 4.69) is 20.7 Å². The van der Waals surface area contributed by atoms with Crippen LogP contribution in [0.25, 0.3) is 11.4 Å². The highest BCUT2D eigenvalue weighted by molar-refractivity contribution is 7.13. The van der Waals surface area contributed by atoms with Gasteiger partial charge in [0.1, 0.15) is 17.2 Å². The summed E-state index contributed by atoms with van der Waals surface area (Å²) in [5, 5.41) is 2.57. The fourth-order valence-electron chi connectivity index (χ4n) is 1.94. The van der Waals surface area contributed by atoms with Crippen LogP contribution >= 0.6 is 11.3 Å². The maximum absolute atomic E-state index is 5.61. The van der Waals surface area contributed by atoms with Crippen molar-refractivity contribution in [2.75, 3.05) is 5.73 Å². The van der Waals surface area contributed by atoms with Gasteiger partial charge in [0.25, 0.3) is 0 Å². The number of nitrogens with two attached hydrogens (primary N) is 1. The van der Waals surface area contributed by atoms with Gasteiger partial charge < -0.3 is 10.3 Å². The summed E-state index contributed by atoms with van der Waals surface area (Å²) in [6.07, 6.45) is 5.67. The molecule has 0 unspecified atom stereocenters. The Balaban J connectivity index is 2.02. The lowest BCUT2D eigenvalue weighted by Gasteiger charge is -2.11. The minimum absolute atomic E-state index is 0.607. The highest BCUT2D eigenvalue weighted by atomic mass is 32.1. The van der Waals surface area contributed by atoms with E-state index in [9.17, 15) is 0 Å². The number of fused-ring (bicyclic) bond motifs is 1. The second-order valence-corrected chi connectivity index (χ2v) is 4.65. The zero-order valence-electron chi connectivity index (χ0n) is 8.31. The lowest BCUT2D eigenvalue weighted by atomic mass is 10.2. The largest absolute Gasteiger partial charge is 0.375 e. The minimum Gasteiger partial charge on any atom is -0.375 e. The molecule has 2 aromatic rings. The highest BCUT2D eigenvalue weighted by Crippen LogP contribution is 2.24. The molecule has 78 valence electrons. The van der Waals surface area contributed by atoms with E-state index in [1.807, 2.05) is 5.38 Å². The van der Waals surface area contributed by atoms with Crippen LogP contribution in [-0.4, -0.2) is 14.5 Å². The molecule has 1 aliphatic rings. The van der Waals surface area contributed by atoms with Crippen molar-refractivity contribution in [1.29, 1.82) is 0 Å². The number of rotatable bonds is 1. The van der Waals surface area contributed by atoms with Crippen molar-refractivity contribution in [3.05, 3.63) is 17.4 Å². The first-order chi connectivity index (χ1) is 7.33. The fraction of sp³-hybridized carbons (Fsp3) is 0.400. The molecule has 0 atom stereocenters. The lowest BCUT2D eigenvalue weighted by Crippen LogP contribution is -2.08. The Morgan fingerprint density at radius 3 is 2.93 bits per heavy atom. The summed E-state index contributed by atoms with van der Waals surface area (Å²) in [6, 6.07) is 0. The molecular weight excluding hydrogens is 208 g/mol. The van der Waals surface area contributed by atoms with Crippen LogP contribution < -0.4 is 5.73 Å². The Morgan fingerprint density at radius 2 is 2.20 bits per heavy atom. The smallest absolute Gasteiger partial charge is 0.180 e. The molecule has 5 heteroatoms. The first kappa shape index (κ1) is 8.91. The van der Waals surface area contributed by atoms with Crippen LogP contribution in [0.15, 0.2) is 11.6 Å². The zero-order chi connectivity index (χ0) is 10.3. The molecule has 0 saturated carbocycles. The average molecular weight is 220 g/mol. The topological polar surface area (TPSA) is 56.7 Å². The van der Waals surface area contributed by atoms with Gasteiger partial charge in [-0.15, -0.1) is 11.3 Å². The number of hydrogen-bond donors (Lipinski definition) is 1. The molecule has 3 heterocycles. The van der Waals surface area contributed by atoms with E-state index in [0.717, 1.165) is 24.4 Å². The minimum atomic E-state index is 0.607. The SMILES string of the molecule is Nc1nc(-c2cn3c(n2)CCCC3)cs1. The quantitative estimate of drug-likeness (QED) is 0.798. The number of aromatic nitrogens is 3. The first-order valence-electron chi connectivity index (χ1n) is 5.10. The standard InChI is InChI=1S/C10H12N4S/c11-10-13-8(6-15-10)7-5-14-4-2-1-3-9(14)12-7/h5-6H,1-4H2,(H2,11,13). The maximum Gasteiger partial charge on any atom is 0.180 e. The molecule has 0 aliphatic carbocycles. The summed E-state index contributed by atoms with van der Waals surface area (Å²) in [5.74, 6) is 1.18. The van der Waals surface area contributed by atoms with Crippen molar-refractivity contribution in [3.8, 4) is 11.4 Å². The summed E-state index contributed by atoms with van der Waals surface area (Å²) in [7, 11) is 0. The summed E-state index contributed by atoms with van der Waals surface area (Å²) in [4.78, 5) is 8.83. The lowest BCUT2D eigenvalue weighted by molar-refractivity contribution is 0.522. The van der Waals surface area contributed by atoms with Crippen molar-refractivity contribution < 1.29 is 0 Å². The van der Waals surface area contributed by atoms with Gasteiger partial charge in [-0.2, -0.15) is 0 Å². The van der Waals surface area contributed by atoms with Gasteiger partial charge in [-0.1, -0.05) is 0 Å². The number of hydrogen-bond acceptors (Lipinski definition) is 4. The van der Waals surface area contributed by atoms with Gasteiger partial charge in [-0.25, -0.2) is 9.97 Å². The van der Waals surface area contributed by atoms with E-state index in [4.69, 9.17) is 5.73 Å². The molecule has 0 saturated heterocycles. The molecule has 4 nitrogen and oxygen atoms in total. The van der Waals surface area contributed by atoms with Gasteiger partial charge in [0, 0.05) is 24.5 Å². The number of nitrogens with zero attached hydrogens (tertiary/aromatic N) is 3. The third kappa shape index (κ3) is 1.52. The number of anilines is 1. The van der Waals surface area contributed by atoms with E-state index < -0.39 is 0 Å². The monoisotopic (exact) mass is 220 g/mol. The van der Waals surface area contributed by atoms with Crippen molar-refractivity contribution in [1.82, 2.24) is 14.5 Å². The Labute approximate surface area is 91.8 Å². The molecule has 1 aliphatic heterocycles. The van der Waals surface area contributed by atoms with Gasteiger partial charge in [-0.05, 0) is 12.8 Å². The van der Waals surface area contributed by atoms with E-state index in [-0.39, 0.29) is 0 Å². The van der Waals surface area contributed by atoms with Crippen molar-refractivity contribution in [3.63, 3.8) is 0 Å². The summed E-state index contributed by atoms with van der Waals surface area (Å²) in [5.41, 5.74) is 7.47. The van der Waals surface area contributed by atoms with Crippen LogP contribution in [0.4, 0.5) is 5.13 Å². The normalized spacial score (nSPS) is 15.2. The number of imidazole rings is 1. The fourth-order valence-corrected chi connectivity index (χ4v) is 2.50. The summed E-state index contributed by atoms with van der Waals surface area (Å²) in [6.45, 7) is 1.09. The van der Waals surface area contributed by atoms with Crippen LogP contribution in [0.5, 0.6) is 0 Å². The summed E-state index contributed by atoms with van der Waals surface area (Å²) < 4.78 is 2.23. The van der Waals surface area contributed by atoms with E-state index in [1.54, 1.807) is 0 Å². The third-order valence-corrected chi connectivity index (χ3v) is 3.37. The predicted molar refractivity (Wildman–Crippen MR) is 60.7 cm³/mol. The van der Waals surface area contributed by atoms with Gasteiger partial charge in [0.05, 0.1) is 0 Å². The molecule has 0 fully saturated rings. The number of thiazole rings is 1. The van der Waals surface area contributed by atoms with Gasteiger partial charge in [0.15, 0.2) is 5.13 Å². The Hall–Kier alpha value is -1.36. The van der Waals surface area contributed by atoms with E-state index >= 15 is 0 Å². The average Bonchev–Trinajstić information content (AvgIpc) is 2.82. The predicted octanol–water partition coefficient (Wildman–Crippen LogP) is 1.93. The van der Waals surface area contributed by atoms with Crippen molar-refractivity contribution >= 4 is 16.5 Å². The van der Waals surface area contributed by atoms with Gasteiger partial charge in [-0.3, -0.25) is 0 Å². The van der Waals surface area contributed by atoms with Crippen LogP contribution in [-0.2, 0) is 13.0 Å². The molecule has 0 radical (unpaired) electrons.